The van der Waals surface area contributed by atoms with E-state index in [4.69, 9.17) is 10.5 Å². The summed E-state index contributed by atoms with van der Waals surface area (Å²) in [7, 11) is 0. The van der Waals surface area contributed by atoms with Crippen LogP contribution < -0.4 is 11.1 Å². The van der Waals surface area contributed by atoms with Gasteiger partial charge in [0.05, 0.1) is 11.0 Å². The van der Waals surface area contributed by atoms with Gasteiger partial charge in [0.25, 0.3) is 5.69 Å². The molecule has 0 saturated carbocycles. The Balaban J connectivity index is 1.97. The third kappa shape index (κ3) is 2.85. The van der Waals surface area contributed by atoms with Gasteiger partial charge in [-0.2, -0.15) is 0 Å². The van der Waals surface area contributed by atoms with Crippen LogP contribution in [0, 0.1) is 10.1 Å². The highest BCUT2D eigenvalue weighted by Gasteiger charge is 2.15. The van der Waals surface area contributed by atoms with Crippen molar-refractivity contribution in [2.24, 2.45) is 0 Å². The fraction of sp³-hybridized carbons (Fsp3) is 0.455. The average molecular weight is 237 g/mol. The van der Waals surface area contributed by atoms with Crippen molar-refractivity contribution in [1.29, 1.82) is 0 Å². The predicted octanol–water partition coefficient (Wildman–Crippen LogP) is 1.77. The lowest BCUT2D eigenvalue weighted by molar-refractivity contribution is -0.383. The van der Waals surface area contributed by atoms with Crippen LogP contribution in [0.25, 0.3) is 0 Å². The lowest BCUT2D eigenvalue weighted by atomic mass is 10.2. The molecule has 1 aromatic rings. The quantitative estimate of drug-likeness (QED) is 0.473. The van der Waals surface area contributed by atoms with Gasteiger partial charge in [-0.25, -0.2) is 0 Å². The smallest absolute Gasteiger partial charge is 0.292 e. The maximum Gasteiger partial charge on any atom is 0.292 e. The molecule has 0 amide bonds. The van der Waals surface area contributed by atoms with Gasteiger partial charge in [-0.3, -0.25) is 10.1 Å². The standard InChI is InChI=1S/C11H15N3O3/c12-10-6-8(3-4-11(10)14(15)16)13-7-9-2-1-5-17-9/h3-4,6,9,13H,1-2,5,7,12H2. The molecule has 2 rings (SSSR count). The summed E-state index contributed by atoms with van der Waals surface area (Å²) in [5, 5.41) is 13.8. The van der Waals surface area contributed by atoms with Gasteiger partial charge in [-0.15, -0.1) is 0 Å². The Labute approximate surface area is 98.9 Å². The van der Waals surface area contributed by atoms with E-state index >= 15 is 0 Å². The highest BCUT2D eigenvalue weighted by atomic mass is 16.6. The number of hydrogen-bond donors (Lipinski definition) is 2. The van der Waals surface area contributed by atoms with Crippen LogP contribution in [0.5, 0.6) is 0 Å². The molecule has 1 heterocycles. The number of hydrogen-bond acceptors (Lipinski definition) is 5. The van der Waals surface area contributed by atoms with E-state index in [1.165, 1.54) is 6.07 Å². The van der Waals surface area contributed by atoms with E-state index in [1.54, 1.807) is 12.1 Å². The first-order valence-corrected chi connectivity index (χ1v) is 5.56. The molecule has 17 heavy (non-hydrogen) atoms. The Morgan fingerprint density at radius 3 is 3.00 bits per heavy atom. The van der Waals surface area contributed by atoms with E-state index in [2.05, 4.69) is 5.32 Å². The molecule has 1 saturated heterocycles. The Morgan fingerprint density at radius 2 is 2.41 bits per heavy atom. The van der Waals surface area contributed by atoms with E-state index in [9.17, 15) is 10.1 Å². The summed E-state index contributed by atoms with van der Waals surface area (Å²) in [6, 6.07) is 4.64. The van der Waals surface area contributed by atoms with E-state index < -0.39 is 4.92 Å². The fourth-order valence-corrected chi connectivity index (χ4v) is 1.87. The van der Waals surface area contributed by atoms with Gasteiger partial charge in [0.15, 0.2) is 0 Å². The number of anilines is 2. The third-order valence-electron chi connectivity index (χ3n) is 2.78. The van der Waals surface area contributed by atoms with Crippen molar-refractivity contribution in [2.75, 3.05) is 24.2 Å². The molecular weight excluding hydrogens is 222 g/mol. The van der Waals surface area contributed by atoms with Crippen LogP contribution in [0.15, 0.2) is 18.2 Å². The van der Waals surface area contributed by atoms with Gasteiger partial charge in [-0.05, 0) is 25.0 Å². The van der Waals surface area contributed by atoms with Crippen molar-refractivity contribution in [2.45, 2.75) is 18.9 Å². The number of benzene rings is 1. The van der Waals surface area contributed by atoms with Crippen LogP contribution in [-0.2, 0) is 4.74 Å². The summed E-state index contributed by atoms with van der Waals surface area (Å²) in [6.45, 7) is 1.52. The topological polar surface area (TPSA) is 90.4 Å². The van der Waals surface area contributed by atoms with Crippen LogP contribution in [-0.4, -0.2) is 24.2 Å². The van der Waals surface area contributed by atoms with Crippen molar-refractivity contribution in [1.82, 2.24) is 0 Å². The number of nitrogens with zero attached hydrogens (tertiary/aromatic N) is 1. The normalized spacial score (nSPS) is 19.2. The molecule has 1 atom stereocenters. The zero-order valence-corrected chi connectivity index (χ0v) is 9.39. The van der Waals surface area contributed by atoms with Crippen molar-refractivity contribution in [3.05, 3.63) is 28.3 Å². The first-order valence-electron chi connectivity index (χ1n) is 5.56. The van der Waals surface area contributed by atoms with Crippen LogP contribution in [0.3, 0.4) is 0 Å². The van der Waals surface area contributed by atoms with Crippen LogP contribution in [0.2, 0.25) is 0 Å². The number of nitrogens with two attached hydrogens (primary N) is 1. The molecule has 0 aromatic heterocycles. The van der Waals surface area contributed by atoms with Gasteiger partial charge in [0.2, 0.25) is 0 Å². The molecule has 0 radical (unpaired) electrons. The number of nitro groups is 1. The number of ether oxygens (including phenoxy) is 1. The average Bonchev–Trinajstić information content (AvgIpc) is 2.78. The molecule has 1 aromatic carbocycles. The molecule has 1 fully saturated rings. The summed E-state index contributed by atoms with van der Waals surface area (Å²) in [6.07, 6.45) is 2.37. The maximum atomic E-state index is 10.6. The lowest BCUT2D eigenvalue weighted by Gasteiger charge is -2.12. The highest BCUT2D eigenvalue weighted by Crippen LogP contribution is 2.25. The van der Waals surface area contributed by atoms with Crippen LogP contribution >= 0.6 is 0 Å². The largest absolute Gasteiger partial charge is 0.393 e. The molecule has 1 unspecified atom stereocenters. The van der Waals surface area contributed by atoms with E-state index in [0.29, 0.717) is 6.54 Å². The highest BCUT2D eigenvalue weighted by molar-refractivity contribution is 5.65. The van der Waals surface area contributed by atoms with Crippen molar-refractivity contribution >= 4 is 17.1 Å². The second-order valence-electron chi connectivity index (χ2n) is 4.05. The Morgan fingerprint density at radius 1 is 1.59 bits per heavy atom. The van der Waals surface area contributed by atoms with Gasteiger partial charge in [0, 0.05) is 24.9 Å². The van der Waals surface area contributed by atoms with Gasteiger partial charge < -0.3 is 15.8 Å². The van der Waals surface area contributed by atoms with Gasteiger partial charge in [-0.1, -0.05) is 0 Å². The number of rotatable bonds is 4. The minimum absolute atomic E-state index is 0.0623. The third-order valence-corrected chi connectivity index (χ3v) is 2.78. The molecule has 0 bridgehead atoms. The second kappa shape index (κ2) is 5.01. The second-order valence-corrected chi connectivity index (χ2v) is 4.05. The SMILES string of the molecule is Nc1cc(NCC2CCCO2)ccc1[N+](=O)[O-]. The molecular formula is C11H15N3O3. The number of nitro benzene ring substituents is 1. The number of nitrogen functional groups attached to an aromatic ring is 1. The van der Waals surface area contributed by atoms with Gasteiger partial charge >= 0.3 is 0 Å². The molecule has 6 heteroatoms. The minimum Gasteiger partial charge on any atom is -0.393 e. The Hall–Kier alpha value is -1.82. The molecule has 92 valence electrons. The molecule has 0 spiro atoms. The summed E-state index contributed by atoms with van der Waals surface area (Å²) < 4.78 is 5.46. The Kier molecular flexibility index (Phi) is 3.43. The zero-order chi connectivity index (χ0) is 12.3. The molecule has 3 N–H and O–H groups in total. The fourth-order valence-electron chi connectivity index (χ4n) is 1.87. The molecule has 1 aliphatic heterocycles. The van der Waals surface area contributed by atoms with Crippen LogP contribution in [0.1, 0.15) is 12.8 Å². The van der Waals surface area contributed by atoms with Crippen LogP contribution in [0.4, 0.5) is 17.1 Å². The van der Waals surface area contributed by atoms with E-state index in [0.717, 1.165) is 25.1 Å². The van der Waals surface area contributed by atoms with E-state index in [1.807, 2.05) is 0 Å². The first-order chi connectivity index (χ1) is 8.16. The molecule has 6 nitrogen and oxygen atoms in total. The predicted molar refractivity (Wildman–Crippen MR) is 65.0 cm³/mol. The first kappa shape index (κ1) is 11.7. The van der Waals surface area contributed by atoms with Gasteiger partial charge in [0.1, 0.15) is 5.69 Å². The summed E-state index contributed by atoms with van der Waals surface area (Å²) in [5.74, 6) is 0. The van der Waals surface area contributed by atoms with Crippen molar-refractivity contribution < 1.29 is 9.66 Å². The van der Waals surface area contributed by atoms with Crippen molar-refractivity contribution in [3.63, 3.8) is 0 Å². The molecule has 1 aliphatic rings. The number of nitrogens with one attached hydrogen (secondary N) is 1. The summed E-state index contributed by atoms with van der Waals surface area (Å²) >= 11 is 0. The monoisotopic (exact) mass is 237 g/mol. The Bertz CT molecular complexity index is 416. The molecule has 0 aliphatic carbocycles. The minimum atomic E-state index is -0.487. The summed E-state index contributed by atoms with van der Waals surface area (Å²) in [4.78, 5) is 10.1. The lowest BCUT2D eigenvalue weighted by Crippen LogP contribution is -2.18. The summed E-state index contributed by atoms with van der Waals surface area (Å²) in [5.41, 5.74) is 6.49. The zero-order valence-electron chi connectivity index (χ0n) is 9.39. The van der Waals surface area contributed by atoms with E-state index in [-0.39, 0.29) is 17.5 Å². The maximum absolute atomic E-state index is 10.6. The van der Waals surface area contributed by atoms with Crippen molar-refractivity contribution in [3.8, 4) is 0 Å².